The maximum atomic E-state index is 12.8. The molecule has 9 saturated carbocycles. The number of hydrogen-bond donors (Lipinski definition) is 2. The summed E-state index contributed by atoms with van der Waals surface area (Å²) in [6, 6.07) is 5.57. The van der Waals surface area contributed by atoms with Crippen LogP contribution in [0.3, 0.4) is 0 Å². The Hall–Kier alpha value is -1.51. The van der Waals surface area contributed by atoms with E-state index in [2.05, 4.69) is 68.4 Å². The van der Waals surface area contributed by atoms with Gasteiger partial charge in [-0.3, -0.25) is 0 Å². The molecule has 0 spiro atoms. The molecule has 0 amide bonds. The second-order valence-corrected chi connectivity index (χ2v) is 18.1. The third kappa shape index (κ3) is 2.40. The molecule has 9 aliphatic carbocycles. The van der Waals surface area contributed by atoms with Gasteiger partial charge in [0.15, 0.2) is 0 Å². The van der Waals surface area contributed by atoms with Crippen LogP contribution >= 0.6 is 0 Å². The highest BCUT2D eigenvalue weighted by atomic mass is 16.4. The Labute approximate surface area is 242 Å². The number of aromatic carboxylic acids is 1. The molecule has 9 aliphatic rings. The fraction of sp³-hybridized carbons (Fsp3) is 0.811. The second kappa shape index (κ2) is 7.34. The summed E-state index contributed by atoms with van der Waals surface area (Å²) in [5.41, 5.74) is 1.92. The van der Waals surface area contributed by atoms with Gasteiger partial charge in [-0.05, 0) is 131 Å². The zero-order valence-corrected chi connectivity index (χ0v) is 26.7. The van der Waals surface area contributed by atoms with E-state index in [1.807, 2.05) is 6.07 Å². The molecule has 1 aromatic rings. The Morgan fingerprint density at radius 3 is 1.93 bits per heavy atom. The van der Waals surface area contributed by atoms with Crippen molar-refractivity contribution in [1.29, 1.82) is 0 Å². The molecule has 0 aromatic heterocycles. The molecule has 3 nitrogen and oxygen atoms in total. The van der Waals surface area contributed by atoms with Crippen molar-refractivity contribution < 1.29 is 15.0 Å². The molecule has 10 rings (SSSR count). The van der Waals surface area contributed by atoms with Crippen molar-refractivity contribution in [3.05, 3.63) is 29.3 Å². The van der Waals surface area contributed by atoms with Gasteiger partial charge in [0.05, 0.1) is 0 Å². The number of phenols is 1. The predicted molar refractivity (Wildman–Crippen MR) is 160 cm³/mol. The number of carboxylic acid groups (broad SMARTS) is 1. The van der Waals surface area contributed by atoms with E-state index in [0.717, 1.165) is 36.2 Å². The Bertz CT molecular complexity index is 1300. The molecule has 9 fully saturated rings. The van der Waals surface area contributed by atoms with E-state index in [9.17, 15) is 15.0 Å². The molecule has 2 N–H and O–H groups in total. The van der Waals surface area contributed by atoms with Crippen molar-refractivity contribution in [2.75, 3.05) is 0 Å². The number of hydrogen-bond acceptors (Lipinski definition) is 2. The van der Waals surface area contributed by atoms with Crippen molar-refractivity contribution in [2.45, 2.75) is 126 Å². The Balaban J connectivity index is 1.50. The normalized spacial score (nSPS) is 50.6. The molecule has 1 aromatic carbocycles. The highest BCUT2D eigenvalue weighted by Crippen LogP contribution is 2.91. The van der Waals surface area contributed by atoms with Gasteiger partial charge in [0, 0.05) is 5.41 Å². The first-order valence-electron chi connectivity index (χ1n) is 16.5. The summed E-state index contributed by atoms with van der Waals surface area (Å²) in [7, 11) is 0. The summed E-state index contributed by atoms with van der Waals surface area (Å²) < 4.78 is 0. The van der Waals surface area contributed by atoms with Gasteiger partial charge in [-0.25, -0.2) is 4.79 Å². The minimum Gasteiger partial charge on any atom is -0.507 e. The van der Waals surface area contributed by atoms with Crippen molar-refractivity contribution in [3.63, 3.8) is 0 Å². The molecule has 40 heavy (non-hydrogen) atoms. The maximum Gasteiger partial charge on any atom is 0.339 e. The molecule has 220 valence electrons. The van der Waals surface area contributed by atoms with Crippen LogP contribution in [-0.4, -0.2) is 16.2 Å². The van der Waals surface area contributed by atoms with Crippen molar-refractivity contribution in [3.8, 4) is 5.75 Å². The minimum atomic E-state index is -0.983. The smallest absolute Gasteiger partial charge is 0.339 e. The van der Waals surface area contributed by atoms with Crippen LogP contribution in [-0.2, 0) is 5.41 Å². The zero-order chi connectivity index (χ0) is 29.1. The first kappa shape index (κ1) is 27.3. The van der Waals surface area contributed by atoms with Crippen LogP contribution in [0.25, 0.3) is 0 Å². The quantitative estimate of drug-likeness (QED) is 0.395. The van der Waals surface area contributed by atoms with Gasteiger partial charge in [0.1, 0.15) is 11.3 Å². The van der Waals surface area contributed by atoms with E-state index >= 15 is 0 Å². The Morgan fingerprint density at radius 1 is 0.775 bits per heavy atom. The van der Waals surface area contributed by atoms with Crippen molar-refractivity contribution in [2.24, 2.45) is 61.6 Å². The highest BCUT2D eigenvalue weighted by Gasteiger charge is 2.85. The zero-order valence-electron chi connectivity index (χ0n) is 26.7. The van der Waals surface area contributed by atoms with E-state index in [-0.39, 0.29) is 49.2 Å². The average molecular weight is 547 g/mol. The standard InChI is InChI=1S/C37H54O3/c1-30(2)22-13-16-33(7,27(30)19-22)37-21-24(32(37,5)6)15-18-35(37,9)34(8)17-14-23-20-36(34,31(23,3)4)25-11-10-12-26(38)28(25)29(39)40/h10-12,22-24,27,38H,13-21H2,1-9H3,(H,39,40). The number of benzene rings is 1. The van der Waals surface area contributed by atoms with E-state index in [1.54, 1.807) is 6.07 Å². The summed E-state index contributed by atoms with van der Waals surface area (Å²) in [5.74, 6) is 1.98. The molecule has 0 aliphatic heterocycles. The number of aromatic hydroxyl groups is 1. The van der Waals surface area contributed by atoms with Gasteiger partial charge in [0.2, 0.25) is 0 Å². The number of fused-ring (bicyclic) bond motifs is 7. The molecular formula is C37H54O3. The monoisotopic (exact) mass is 546 g/mol. The minimum absolute atomic E-state index is 0.0266. The highest BCUT2D eigenvalue weighted by molar-refractivity contribution is 5.93. The lowest BCUT2D eigenvalue weighted by molar-refractivity contribution is -0.391. The number of carbonyl (C=O) groups is 1. The molecule has 9 atom stereocenters. The summed E-state index contributed by atoms with van der Waals surface area (Å²) in [5, 5.41) is 21.5. The summed E-state index contributed by atoms with van der Waals surface area (Å²) in [6.07, 6.45) is 11.4. The molecule has 6 bridgehead atoms. The van der Waals surface area contributed by atoms with E-state index < -0.39 is 5.97 Å². The molecule has 0 heterocycles. The average Bonchev–Trinajstić information content (AvgIpc) is 2.87. The van der Waals surface area contributed by atoms with E-state index in [1.165, 1.54) is 44.9 Å². The van der Waals surface area contributed by atoms with Crippen LogP contribution in [0.1, 0.15) is 136 Å². The molecular weight excluding hydrogens is 492 g/mol. The fourth-order valence-electron chi connectivity index (χ4n) is 15.1. The van der Waals surface area contributed by atoms with Gasteiger partial charge >= 0.3 is 5.97 Å². The van der Waals surface area contributed by atoms with Gasteiger partial charge in [-0.2, -0.15) is 0 Å². The van der Waals surface area contributed by atoms with Gasteiger partial charge < -0.3 is 10.2 Å². The Kier molecular flexibility index (Phi) is 5.01. The van der Waals surface area contributed by atoms with E-state index in [4.69, 9.17) is 0 Å². The van der Waals surface area contributed by atoms with Crippen molar-refractivity contribution >= 4 is 5.97 Å². The fourth-order valence-corrected chi connectivity index (χ4v) is 15.1. The van der Waals surface area contributed by atoms with Gasteiger partial charge in [0.25, 0.3) is 0 Å². The van der Waals surface area contributed by atoms with Crippen LogP contribution in [0.4, 0.5) is 0 Å². The third-order valence-electron chi connectivity index (χ3n) is 17.4. The molecule has 9 unspecified atom stereocenters. The Morgan fingerprint density at radius 2 is 1.38 bits per heavy atom. The van der Waals surface area contributed by atoms with Crippen LogP contribution in [0.2, 0.25) is 0 Å². The number of carboxylic acids is 1. The lowest BCUT2D eigenvalue weighted by Crippen LogP contribution is -2.83. The summed E-state index contributed by atoms with van der Waals surface area (Å²) >= 11 is 0. The largest absolute Gasteiger partial charge is 0.507 e. The van der Waals surface area contributed by atoms with Crippen LogP contribution in [0.5, 0.6) is 5.75 Å². The summed E-state index contributed by atoms with van der Waals surface area (Å²) in [6.45, 7) is 23.3. The molecule has 0 saturated heterocycles. The van der Waals surface area contributed by atoms with E-state index in [0.29, 0.717) is 11.3 Å². The second-order valence-electron chi connectivity index (χ2n) is 18.1. The van der Waals surface area contributed by atoms with Crippen molar-refractivity contribution in [1.82, 2.24) is 0 Å². The topological polar surface area (TPSA) is 57.5 Å². The predicted octanol–water partition coefficient (Wildman–Crippen LogP) is 9.47. The maximum absolute atomic E-state index is 12.8. The molecule has 3 heteroatoms. The molecule has 0 radical (unpaired) electrons. The lowest BCUT2D eigenvalue weighted by atomic mass is 9.15. The first-order valence-corrected chi connectivity index (χ1v) is 16.5. The third-order valence-corrected chi connectivity index (χ3v) is 17.4. The van der Waals surface area contributed by atoms with Gasteiger partial charge in [-0.1, -0.05) is 74.4 Å². The van der Waals surface area contributed by atoms with Crippen LogP contribution in [0.15, 0.2) is 18.2 Å². The SMILES string of the molecule is CC1(C)C2CCC(C)(C34CC(CCC3(C)C3(C)CCC5CC3(c3cccc(O)c3C(=O)O)C5(C)C)C4(C)C)C1C2. The summed E-state index contributed by atoms with van der Waals surface area (Å²) in [4.78, 5) is 12.8. The van der Waals surface area contributed by atoms with Gasteiger partial charge in [-0.15, -0.1) is 0 Å². The lowest BCUT2D eigenvalue weighted by Gasteiger charge is -2.88. The number of rotatable bonds is 4. The first-order chi connectivity index (χ1) is 18.4. The van der Waals surface area contributed by atoms with Crippen LogP contribution in [0, 0.1) is 61.6 Å². The van der Waals surface area contributed by atoms with Crippen LogP contribution < -0.4 is 0 Å².